The predicted octanol–water partition coefficient (Wildman–Crippen LogP) is 2.09. The second kappa shape index (κ2) is 4.42. The summed E-state index contributed by atoms with van der Waals surface area (Å²) in [7, 11) is -2.92. The fourth-order valence-electron chi connectivity index (χ4n) is 2.16. The van der Waals surface area contributed by atoms with Crippen molar-refractivity contribution in [1.29, 1.82) is 0 Å². The van der Waals surface area contributed by atoms with Crippen LogP contribution >= 0.6 is 0 Å². The second-order valence-electron chi connectivity index (χ2n) is 5.50. The molecule has 1 atom stereocenters. The lowest BCUT2D eigenvalue weighted by Gasteiger charge is -2.32. The summed E-state index contributed by atoms with van der Waals surface area (Å²) in [5.74, 6) is 0.790. The van der Waals surface area contributed by atoms with Crippen molar-refractivity contribution in [3.63, 3.8) is 0 Å². The predicted molar refractivity (Wildman–Crippen MR) is 63.2 cm³/mol. The van der Waals surface area contributed by atoms with E-state index in [1.807, 2.05) is 0 Å². The van der Waals surface area contributed by atoms with Crippen LogP contribution < -0.4 is 0 Å². The van der Waals surface area contributed by atoms with E-state index < -0.39 is 10.0 Å². The van der Waals surface area contributed by atoms with Crippen LogP contribution in [0.2, 0.25) is 0 Å². The van der Waals surface area contributed by atoms with Gasteiger partial charge in [-0.3, -0.25) is 0 Å². The maximum absolute atomic E-state index is 11.7. The van der Waals surface area contributed by atoms with Gasteiger partial charge in [-0.05, 0) is 17.8 Å². The minimum absolute atomic E-state index is 0.187. The molecule has 0 aliphatic carbocycles. The average Bonchev–Trinajstić information content (AvgIpc) is 2.39. The molecule has 1 rings (SSSR count). The highest BCUT2D eigenvalue weighted by Crippen LogP contribution is 2.31. The lowest BCUT2D eigenvalue weighted by atomic mass is 9.79. The first-order valence-corrected chi connectivity index (χ1v) is 7.36. The molecule has 15 heavy (non-hydrogen) atoms. The molecule has 0 aromatic carbocycles. The summed E-state index contributed by atoms with van der Waals surface area (Å²) >= 11 is 0. The van der Waals surface area contributed by atoms with Gasteiger partial charge in [-0.25, -0.2) is 12.7 Å². The first-order valence-electron chi connectivity index (χ1n) is 5.75. The molecule has 0 amide bonds. The maximum atomic E-state index is 11.7. The Balaban J connectivity index is 2.68. The van der Waals surface area contributed by atoms with E-state index in [1.165, 1.54) is 0 Å². The van der Waals surface area contributed by atoms with Crippen LogP contribution in [0.25, 0.3) is 0 Å². The number of hydrogen-bond acceptors (Lipinski definition) is 2. The Kier molecular flexibility index (Phi) is 3.82. The van der Waals surface area contributed by atoms with Gasteiger partial charge in [-0.15, -0.1) is 0 Å². The van der Waals surface area contributed by atoms with E-state index in [9.17, 15) is 8.42 Å². The lowest BCUT2D eigenvalue weighted by Crippen LogP contribution is -2.36. The van der Waals surface area contributed by atoms with Crippen LogP contribution in [-0.4, -0.2) is 31.6 Å². The molecule has 0 saturated carbocycles. The van der Waals surface area contributed by atoms with Gasteiger partial charge in [0.25, 0.3) is 0 Å². The van der Waals surface area contributed by atoms with Crippen molar-refractivity contribution in [3.05, 3.63) is 0 Å². The van der Waals surface area contributed by atoms with Crippen molar-refractivity contribution >= 4 is 10.0 Å². The highest BCUT2D eigenvalue weighted by atomic mass is 32.2. The fraction of sp³-hybridized carbons (Fsp3) is 1.00. The molecule has 1 heterocycles. The van der Waals surface area contributed by atoms with Crippen molar-refractivity contribution in [2.24, 2.45) is 11.3 Å². The zero-order valence-electron chi connectivity index (χ0n) is 10.3. The van der Waals surface area contributed by atoms with Crippen LogP contribution in [0, 0.1) is 11.3 Å². The largest absolute Gasteiger partial charge is 0.214 e. The third-order valence-electron chi connectivity index (χ3n) is 3.34. The molecule has 1 aliphatic rings. The maximum Gasteiger partial charge on any atom is 0.214 e. The molecule has 0 spiro atoms. The van der Waals surface area contributed by atoms with Gasteiger partial charge >= 0.3 is 0 Å². The summed E-state index contributed by atoms with van der Waals surface area (Å²) in [6.07, 6.45) is 1.83. The molecular formula is C11H23NO2S. The number of hydrogen-bond donors (Lipinski definition) is 0. The van der Waals surface area contributed by atoms with Crippen LogP contribution in [0.4, 0.5) is 0 Å². The SMILES string of the molecule is CC[C@@H](CN1CCCS1(=O)=O)C(C)(C)C. The van der Waals surface area contributed by atoms with E-state index in [1.54, 1.807) is 4.31 Å². The van der Waals surface area contributed by atoms with E-state index in [4.69, 9.17) is 0 Å². The van der Waals surface area contributed by atoms with Gasteiger partial charge < -0.3 is 0 Å². The topological polar surface area (TPSA) is 37.4 Å². The van der Waals surface area contributed by atoms with Gasteiger partial charge in [0, 0.05) is 13.1 Å². The molecule has 0 aromatic heterocycles. The quantitative estimate of drug-likeness (QED) is 0.748. The Morgan fingerprint density at radius 2 is 1.93 bits per heavy atom. The van der Waals surface area contributed by atoms with Crippen LogP contribution in [0.5, 0.6) is 0 Å². The van der Waals surface area contributed by atoms with Crippen LogP contribution in [-0.2, 0) is 10.0 Å². The van der Waals surface area contributed by atoms with Crippen LogP contribution in [0.3, 0.4) is 0 Å². The third-order valence-corrected chi connectivity index (χ3v) is 5.27. The standard InChI is InChI=1S/C11H23NO2S/c1-5-10(11(2,3)4)9-12-7-6-8-15(12,13)14/h10H,5-9H2,1-4H3/t10-/m0/s1. The molecular weight excluding hydrogens is 210 g/mol. The Morgan fingerprint density at radius 3 is 2.27 bits per heavy atom. The minimum atomic E-state index is -2.92. The molecule has 1 aliphatic heterocycles. The van der Waals surface area contributed by atoms with E-state index >= 15 is 0 Å². The number of nitrogens with zero attached hydrogens (tertiary/aromatic N) is 1. The molecule has 1 saturated heterocycles. The molecule has 0 unspecified atom stereocenters. The molecule has 4 heteroatoms. The second-order valence-corrected chi connectivity index (χ2v) is 7.59. The highest BCUT2D eigenvalue weighted by molar-refractivity contribution is 7.89. The fourth-order valence-corrected chi connectivity index (χ4v) is 3.72. The van der Waals surface area contributed by atoms with E-state index in [0.717, 1.165) is 19.4 Å². The Morgan fingerprint density at radius 1 is 1.33 bits per heavy atom. The van der Waals surface area contributed by atoms with Gasteiger partial charge in [0.1, 0.15) is 0 Å². The smallest absolute Gasteiger partial charge is 0.212 e. The third kappa shape index (κ3) is 3.18. The summed E-state index contributed by atoms with van der Waals surface area (Å²) < 4.78 is 25.0. The highest BCUT2D eigenvalue weighted by Gasteiger charge is 2.33. The van der Waals surface area contributed by atoms with E-state index in [0.29, 0.717) is 18.2 Å². The molecule has 0 N–H and O–H groups in total. The van der Waals surface area contributed by atoms with Crippen molar-refractivity contribution in [3.8, 4) is 0 Å². The van der Waals surface area contributed by atoms with Crippen LogP contribution in [0.1, 0.15) is 40.5 Å². The zero-order valence-corrected chi connectivity index (χ0v) is 11.1. The summed E-state index contributed by atoms with van der Waals surface area (Å²) in [6, 6.07) is 0. The van der Waals surface area contributed by atoms with E-state index in [2.05, 4.69) is 27.7 Å². The monoisotopic (exact) mass is 233 g/mol. The average molecular weight is 233 g/mol. The van der Waals surface area contributed by atoms with Gasteiger partial charge in [-0.1, -0.05) is 34.1 Å². The summed E-state index contributed by atoms with van der Waals surface area (Å²) in [5, 5.41) is 0. The van der Waals surface area contributed by atoms with Gasteiger partial charge in [0.05, 0.1) is 5.75 Å². The molecule has 1 fully saturated rings. The van der Waals surface area contributed by atoms with Gasteiger partial charge in [0.15, 0.2) is 0 Å². The summed E-state index contributed by atoms with van der Waals surface area (Å²) in [6.45, 7) is 10.1. The van der Waals surface area contributed by atoms with Gasteiger partial charge in [0.2, 0.25) is 10.0 Å². The van der Waals surface area contributed by atoms with Gasteiger partial charge in [-0.2, -0.15) is 0 Å². The Bertz CT molecular complexity index is 303. The van der Waals surface area contributed by atoms with E-state index in [-0.39, 0.29) is 5.41 Å². The van der Waals surface area contributed by atoms with Crippen molar-refractivity contribution < 1.29 is 8.42 Å². The zero-order chi connectivity index (χ0) is 11.7. The lowest BCUT2D eigenvalue weighted by molar-refractivity contribution is 0.195. The number of rotatable bonds is 3. The summed E-state index contributed by atoms with van der Waals surface area (Å²) in [4.78, 5) is 0. The summed E-state index contributed by atoms with van der Waals surface area (Å²) in [5.41, 5.74) is 0.187. The minimum Gasteiger partial charge on any atom is -0.212 e. The van der Waals surface area contributed by atoms with Crippen molar-refractivity contribution in [2.75, 3.05) is 18.8 Å². The molecule has 3 nitrogen and oxygen atoms in total. The van der Waals surface area contributed by atoms with Crippen molar-refractivity contribution in [1.82, 2.24) is 4.31 Å². The number of sulfonamides is 1. The molecule has 0 radical (unpaired) electrons. The van der Waals surface area contributed by atoms with Crippen molar-refractivity contribution in [2.45, 2.75) is 40.5 Å². The Labute approximate surface area is 93.9 Å². The Hall–Kier alpha value is -0.0900. The van der Waals surface area contributed by atoms with Crippen LogP contribution in [0.15, 0.2) is 0 Å². The first-order chi connectivity index (χ1) is 6.77. The molecule has 0 bridgehead atoms. The first kappa shape index (κ1) is 13.0. The molecule has 0 aromatic rings. The molecule has 90 valence electrons. The normalized spacial score (nSPS) is 24.3.